The number of amides is 5. The Hall–Kier alpha value is -3.57. The molecular formula is C43H70N4O7. The second kappa shape index (κ2) is 17.9. The van der Waals surface area contributed by atoms with E-state index in [0.29, 0.717) is 23.3 Å². The van der Waals surface area contributed by atoms with E-state index in [1.54, 1.807) is 6.92 Å². The number of carbonyl (C=O) groups is 5. The molecule has 54 heavy (non-hydrogen) atoms. The van der Waals surface area contributed by atoms with Gasteiger partial charge in [0.25, 0.3) is 11.8 Å². The van der Waals surface area contributed by atoms with Gasteiger partial charge < -0.3 is 25.4 Å². The standard InChI is InChI=1S/C43H70N4O7/c1-27(2)34(36(50)44-28(3)35(49)45-30-19-17-29(18-20-30)25-39(4,5)6)46-31(48)21-24-53-43(15,16)26-54-42(13,14)22-23-47-37(51)32(40(7,8)9)33(38(47)52)41(10,11)12/h17-20,27-28,34H,21-26H2,1-16H3,(H,44,50)(H,45,49)(H,46,48)/t28-,34?/m0/s1. The molecule has 1 aliphatic rings. The first-order valence-electron chi connectivity index (χ1n) is 19.3. The van der Waals surface area contributed by atoms with Gasteiger partial charge in [-0.2, -0.15) is 0 Å². The van der Waals surface area contributed by atoms with Crippen molar-refractivity contribution in [3.05, 3.63) is 41.0 Å². The summed E-state index contributed by atoms with van der Waals surface area (Å²) in [6.45, 7) is 31.6. The molecule has 1 aromatic rings. The number of carbonyl (C=O) groups excluding carboxylic acids is 5. The quantitative estimate of drug-likeness (QED) is 0.146. The summed E-state index contributed by atoms with van der Waals surface area (Å²) in [5.41, 5.74) is 0.760. The summed E-state index contributed by atoms with van der Waals surface area (Å²) < 4.78 is 12.3. The minimum absolute atomic E-state index is 0.0168. The SMILES string of the molecule is CC(C)C(NC(=O)CCOC(C)(C)COC(C)(C)CCN1C(=O)C(C(C)(C)C)=C(C(C)(C)C)C1=O)C(=O)N[C@@H](C)C(=O)Nc1ccc(CC(C)(C)C)cc1. The number of nitrogens with zero attached hydrogens (tertiary/aromatic N) is 1. The van der Waals surface area contributed by atoms with E-state index in [4.69, 9.17) is 9.47 Å². The fourth-order valence-corrected chi connectivity index (χ4v) is 6.17. The van der Waals surface area contributed by atoms with Crippen molar-refractivity contribution < 1.29 is 33.4 Å². The highest BCUT2D eigenvalue weighted by Gasteiger charge is 2.47. The molecule has 3 N–H and O–H groups in total. The second-order valence-corrected chi connectivity index (χ2v) is 19.6. The topological polar surface area (TPSA) is 143 Å². The van der Waals surface area contributed by atoms with Gasteiger partial charge in [0.2, 0.25) is 17.7 Å². The Balaban J connectivity index is 1.86. The monoisotopic (exact) mass is 755 g/mol. The number of hydrogen-bond donors (Lipinski definition) is 3. The van der Waals surface area contributed by atoms with Crippen LogP contribution < -0.4 is 16.0 Å². The maximum Gasteiger partial charge on any atom is 0.257 e. The Morgan fingerprint density at radius 1 is 0.704 bits per heavy atom. The van der Waals surface area contributed by atoms with Crippen molar-refractivity contribution in [2.75, 3.05) is 25.1 Å². The molecule has 11 nitrogen and oxygen atoms in total. The van der Waals surface area contributed by atoms with Gasteiger partial charge in [-0.05, 0) is 87.3 Å². The molecule has 0 aromatic heterocycles. The van der Waals surface area contributed by atoms with E-state index in [1.807, 2.05) is 107 Å². The highest BCUT2D eigenvalue weighted by atomic mass is 16.6. The lowest BCUT2D eigenvalue weighted by molar-refractivity contribution is -0.143. The Kier molecular flexibility index (Phi) is 15.5. The van der Waals surface area contributed by atoms with E-state index in [-0.39, 0.29) is 61.1 Å². The molecule has 1 heterocycles. The Morgan fingerprint density at radius 2 is 1.22 bits per heavy atom. The summed E-state index contributed by atoms with van der Waals surface area (Å²) >= 11 is 0. The molecule has 0 spiro atoms. The molecule has 0 bridgehead atoms. The smallest absolute Gasteiger partial charge is 0.257 e. The van der Waals surface area contributed by atoms with E-state index in [2.05, 4.69) is 36.7 Å². The predicted octanol–water partition coefficient (Wildman–Crippen LogP) is 6.99. The number of ether oxygens (including phenoxy) is 2. The molecule has 0 saturated heterocycles. The van der Waals surface area contributed by atoms with Crippen molar-refractivity contribution in [2.45, 2.75) is 153 Å². The molecule has 1 aliphatic heterocycles. The van der Waals surface area contributed by atoms with E-state index < -0.39 is 40.0 Å². The average molecular weight is 755 g/mol. The summed E-state index contributed by atoms with van der Waals surface area (Å²) in [5.74, 6) is -1.86. The van der Waals surface area contributed by atoms with Crippen molar-refractivity contribution >= 4 is 35.2 Å². The maximum absolute atomic E-state index is 13.5. The molecule has 0 aliphatic carbocycles. The van der Waals surface area contributed by atoms with Gasteiger partial charge in [0.05, 0.1) is 30.8 Å². The van der Waals surface area contributed by atoms with Gasteiger partial charge in [-0.1, -0.05) is 88.3 Å². The number of nitrogens with one attached hydrogen (secondary N) is 3. The van der Waals surface area contributed by atoms with E-state index in [0.717, 1.165) is 6.42 Å². The Labute approximate surface area is 325 Å². The van der Waals surface area contributed by atoms with Crippen molar-refractivity contribution in [3.63, 3.8) is 0 Å². The van der Waals surface area contributed by atoms with Gasteiger partial charge in [-0.15, -0.1) is 0 Å². The summed E-state index contributed by atoms with van der Waals surface area (Å²) in [5, 5.41) is 8.37. The van der Waals surface area contributed by atoms with Gasteiger partial charge in [0.1, 0.15) is 12.1 Å². The molecule has 304 valence electrons. The number of benzene rings is 1. The van der Waals surface area contributed by atoms with E-state index in [1.165, 1.54) is 10.5 Å². The Morgan fingerprint density at radius 3 is 1.69 bits per heavy atom. The zero-order valence-corrected chi connectivity index (χ0v) is 36.1. The normalized spacial score (nSPS) is 15.8. The van der Waals surface area contributed by atoms with Crippen LogP contribution in [-0.2, 0) is 39.9 Å². The molecule has 11 heteroatoms. The molecule has 2 rings (SSSR count). The van der Waals surface area contributed by atoms with Crippen LogP contribution in [0.2, 0.25) is 0 Å². The highest BCUT2D eigenvalue weighted by Crippen LogP contribution is 2.42. The van der Waals surface area contributed by atoms with Gasteiger partial charge in [-0.3, -0.25) is 28.9 Å². The Bertz CT molecular complexity index is 1500. The van der Waals surface area contributed by atoms with Crippen LogP contribution in [0.5, 0.6) is 0 Å². The van der Waals surface area contributed by atoms with Gasteiger partial charge in [0, 0.05) is 23.4 Å². The first-order chi connectivity index (χ1) is 24.4. The minimum Gasteiger partial charge on any atom is -0.373 e. The molecule has 1 unspecified atom stereocenters. The molecule has 0 saturated carbocycles. The summed E-state index contributed by atoms with van der Waals surface area (Å²) in [6.07, 6.45) is 1.36. The lowest BCUT2D eigenvalue weighted by atomic mass is 9.76. The largest absolute Gasteiger partial charge is 0.373 e. The summed E-state index contributed by atoms with van der Waals surface area (Å²) in [4.78, 5) is 67.2. The van der Waals surface area contributed by atoms with Crippen molar-refractivity contribution in [1.29, 1.82) is 0 Å². The van der Waals surface area contributed by atoms with Crippen LogP contribution in [0.25, 0.3) is 0 Å². The zero-order chi connectivity index (χ0) is 41.6. The lowest BCUT2D eigenvalue weighted by Crippen LogP contribution is -2.53. The lowest BCUT2D eigenvalue weighted by Gasteiger charge is -2.33. The van der Waals surface area contributed by atoms with Crippen LogP contribution in [0.1, 0.15) is 129 Å². The van der Waals surface area contributed by atoms with Crippen LogP contribution in [0, 0.1) is 22.2 Å². The number of hydrogen-bond acceptors (Lipinski definition) is 7. The van der Waals surface area contributed by atoms with Crippen LogP contribution in [0.3, 0.4) is 0 Å². The zero-order valence-electron chi connectivity index (χ0n) is 36.1. The third-order valence-electron chi connectivity index (χ3n) is 9.21. The molecule has 5 amide bonds. The van der Waals surface area contributed by atoms with Crippen LogP contribution >= 0.6 is 0 Å². The van der Waals surface area contributed by atoms with E-state index >= 15 is 0 Å². The number of anilines is 1. The fourth-order valence-electron chi connectivity index (χ4n) is 6.17. The van der Waals surface area contributed by atoms with Crippen molar-refractivity contribution in [1.82, 2.24) is 15.5 Å². The van der Waals surface area contributed by atoms with E-state index in [9.17, 15) is 24.0 Å². The average Bonchev–Trinajstić information content (AvgIpc) is 3.27. The molecule has 0 fully saturated rings. The van der Waals surface area contributed by atoms with Crippen LogP contribution in [0.15, 0.2) is 35.4 Å². The first kappa shape index (κ1) is 46.6. The van der Waals surface area contributed by atoms with Crippen LogP contribution in [-0.4, -0.2) is 77.5 Å². The number of imide groups is 1. The predicted molar refractivity (Wildman–Crippen MR) is 215 cm³/mol. The van der Waals surface area contributed by atoms with Gasteiger partial charge >= 0.3 is 0 Å². The summed E-state index contributed by atoms with van der Waals surface area (Å²) in [7, 11) is 0. The molecular weight excluding hydrogens is 684 g/mol. The minimum atomic E-state index is -0.843. The first-order valence-corrected chi connectivity index (χ1v) is 19.3. The van der Waals surface area contributed by atoms with Crippen molar-refractivity contribution in [2.24, 2.45) is 22.2 Å². The summed E-state index contributed by atoms with van der Waals surface area (Å²) in [6, 6.07) is 6.01. The van der Waals surface area contributed by atoms with Crippen molar-refractivity contribution in [3.8, 4) is 0 Å². The number of rotatable bonds is 17. The maximum atomic E-state index is 13.5. The highest BCUT2D eigenvalue weighted by molar-refractivity contribution is 6.20. The van der Waals surface area contributed by atoms with Crippen LogP contribution in [0.4, 0.5) is 5.69 Å². The molecule has 1 aromatic carbocycles. The third kappa shape index (κ3) is 14.3. The molecule has 2 atom stereocenters. The second-order valence-electron chi connectivity index (χ2n) is 19.6. The van der Waals surface area contributed by atoms with Gasteiger partial charge in [-0.25, -0.2) is 0 Å². The molecule has 0 radical (unpaired) electrons. The third-order valence-corrected chi connectivity index (χ3v) is 9.21. The fraction of sp³-hybridized carbons (Fsp3) is 0.698. The van der Waals surface area contributed by atoms with Gasteiger partial charge in [0.15, 0.2) is 0 Å².